The summed E-state index contributed by atoms with van der Waals surface area (Å²) < 4.78 is 67.4. The van der Waals surface area contributed by atoms with E-state index >= 15 is 0 Å². The molecule has 0 unspecified atom stereocenters. The van der Waals surface area contributed by atoms with Crippen LogP contribution in [0.15, 0.2) is 42.5 Å². The Morgan fingerprint density at radius 1 is 1.08 bits per heavy atom. The van der Waals surface area contributed by atoms with Crippen molar-refractivity contribution in [2.45, 2.75) is 12.9 Å². The fourth-order valence-corrected chi connectivity index (χ4v) is 2.08. The molecule has 0 aliphatic carbocycles. The van der Waals surface area contributed by atoms with E-state index in [1.54, 1.807) is 0 Å². The first-order valence-electron chi connectivity index (χ1n) is 6.71. The fourth-order valence-electron chi connectivity index (χ4n) is 2.08. The van der Waals surface area contributed by atoms with Crippen LogP contribution in [0, 0.1) is 11.6 Å². The number of ether oxygens (including phenoxy) is 1. The molecule has 0 aliphatic rings. The summed E-state index contributed by atoms with van der Waals surface area (Å²) in [7, 11) is 1.30. The summed E-state index contributed by atoms with van der Waals surface area (Å²) in [6.45, 7) is -0.233. The van der Waals surface area contributed by atoms with Gasteiger partial charge in [0.15, 0.2) is 0 Å². The van der Waals surface area contributed by atoms with Gasteiger partial charge in [-0.25, -0.2) is 8.78 Å². The van der Waals surface area contributed by atoms with Gasteiger partial charge in [-0.2, -0.15) is 0 Å². The first-order chi connectivity index (χ1) is 11.2. The number of amides is 1. The molecule has 128 valence electrons. The van der Waals surface area contributed by atoms with Gasteiger partial charge in [-0.3, -0.25) is 4.79 Å². The van der Waals surface area contributed by atoms with E-state index in [1.807, 2.05) is 0 Å². The van der Waals surface area contributed by atoms with E-state index in [4.69, 9.17) is 0 Å². The van der Waals surface area contributed by atoms with Gasteiger partial charge in [0.25, 0.3) is 5.91 Å². The Balaban J connectivity index is 2.20. The topological polar surface area (TPSA) is 29.5 Å². The number of rotatable bonds is 4. The van der Waals surface area contributed by atoms with E-state index in [0.29, 0.717) is 6.07 Å². The lowest BCUT2D eigenvalue weighted by Crippen LogP contribution is -2.27. The Hall–Kier alpha value is -2.64. The highest BCUT2D eigenvalue weighted by Crippen LogP contribution is 2.27. The molecule has 0 aromatic heterocycles. The maximum atomic E-state index is 13.2. The molecule has 0 N–H and O–H groups in total. The van der Waals surface area contributed by atoms with E-state index in [9.17, 15) is 26.7 Å². The molecule has 0 radical (unpaired) electrons. The Morgan fingerprint density at radius 3 is 2.25 bits per heavy atom. The summed E-state index contributed by atoms with van der Waals surface area (Å²) in [5.41, 5.74) is -0.147. The van der Waals surface area contributed by atoms with Crippen LogP contribution in [0.4, 0.5) is 22.0 Å². The molecule has 0 saturated carbocycles. The van der Waals surface area contributed by atoms with Crippen molar-refractivity contribution in [3.05, 3.63) is 65.2 Å². The van der Waals surface area contributed by atoms with Crippen LogP contribution in [-0.4, -0.2) is 24.2 Å². The summed E-state index contributed by atoms with van der Waals surface area (Å²) in [5, 5.41) is 0. The molecule has 0 aliphatic heterocycles. The Bertz CT molecular complexity index is 725. The van der Waals surface area contributed by atoms with Gasteiger partial charge in [0.1, 0.15) is 17.4 Å². The highest BCUT2D eigenvalue weighted by molar-refractivity contribution is 5.94. The van der Waals surface area contributed by atoms with E-state index in [-0.39, 0.29) is 17.7 Å². The average Bonchev–Trinajstić information content (AvgIpc) is 2.46. The van der Waals surface area contributed by atoms with Crippen molar-refractivity contribution in [1.29, 1.82) is 0 Å². The number of para-hydroxylation sites is 1. The molecule has 0 bridgehead atoms. The number of carbonyl (C=O) groups excluding carboxylic acids is 1. The number of benzene rings is 2. The van der Waals surface area contributed by atoms with Gasteiger partial charge in [0, 0.05) is 30.8 Å². The smallest absolute Gasteiger partial charge is 0.405 e. The molecule has 0 fully saturated rings. The normalized spacial score (nSPS) is 11.2. The van der Waals surface area contributed by atoms with E-state index < -0.39 is 29.7 Å². The second-order valence-corrected chi connectivity index (χ2v) is 4.97. The number of alkyl halides is 3. The van der Waals surface area contributed by atoms with Crippen LogP contribution in [-0.2, 0) is 6.54 Å². The van der Waals surface area contributed by atoms with Crippen LogP contribution in [0.3, 0.4) is 0 Å². The maximum Gasteiger partial charge on any atom is 0.573 e. The van der Waals surface area contributed by atoms with Crippen LogP contribution >= 0.6 is 0 Å². The van der Waals surface area contributed by atoms with Gasteiger partial charge >= 0.3 is 6.36 Å². The minimum atomic E-state index is -4.87. The number of hydrogen-bond donors (Lipinski definition) is 0. The Morgan fingerprint density at radius 2 is 1.67 bits per heavy atom. The molecule has 2 aromatic rings. The Labute approximate surface area is 134 Å². The molecular weight excluding hydrogens is 333 g/mol. The predicted molar refractivity (Wildman–Crippen MR) is 75.3 cm³/mol. The first-order valence-corrected chi connectivity index (χ1v) is 6.71. The lowest BCUT2D eigenvalue weighted by molar-refractivity contribution is -0.275. The summed E-state index contributed by atoms with van der Waals surface area (Å²) in [4.78, 5) is 13.2. The van der Waals surface area contributed by atoms with Crippen molar-refractivity contribution in [3.63, 3.8) is 0 Å². The zero-order valence-corrected chi connectivity index (χ0v) is 12.4. The summed E-state index contributed by atoms with van der Waals surface area (Å²) in [6.07, 6.45) is -4.87. The standard InChI is InChI=1S/C16H12F5NO2/c1-22(15(23)11-6-12(17)8-13(18)7-11)9-10-4-2-3-5-14(10)24-16(19,20)21/h2-8H,9H2,1H3. The zero-order chi connectivity index (χ0) is 17.9. The van der Waals surface area contributed by atoms with Crippen LogP contribution < -0.4 is 4.74 Å². The lowest BCUT2D eigenvalue weighted by Gasteiger charge is -2.20. The zero-order valence-electron chi connectivity index (χ0n) is 12.4. The molecule has 2 rings (SSSR count). The molecule has 24 heavy (non-hydrogen) atoms. The minimum absolute atomic E-state index is 0.0996. The summed E-state index contributed by atoms with van der Waals surface area (Å²) in [5.74, 6) is -3.04. The summed E-state index contributed by atoms with van der Waals surface area (Å²) in [6, 6.07) is 7.62. The van der Waals surface area contributed by atoms with Gasteiger partial charge in [-0.05, 0) is 18.2 Å². The van der Waals surface area contributed by atoms with Crippen molar-refractivity contribution in [1.82, 2.24) is 4.90 Å². The van der Waals surface area contributed by atoms with Gasteiger partial charge in [0.2, 0.25) is 0 Å². The van der Waals surface area contributed by atoms with Crippen molar-refractivity contribution < 1.29 is 31.5 Å². The van der Waals surface area contributed by atoms with Crippen LogP contribution in [0.1, 0.15) is 15.9 Å². The van der Waals surface area contributed by atoms with Gasteiger partial charge < -0.3 is 9.64 Å². The third-order valence-electron chi connectivity index (χ3n) is 3.06. The van der Waals surface area contributed by atoms with E-state index in [2.05, 4.69) is 4.74 Å². The van der Waals surface area contributed by atoms with E-state index in [1.165, 1.54) is 25.2 Å². The second-order valence-electron chi connectivity index (χ2n) is 4.97. The molecule has 0 saturated heterocycles. The van der Waals surface area contributed by atoms with Crippen molar-refractivity contribution >= 4 is 5.91 Å². The van der Waals surface area contributed by atoms with Gasteiger partial charge in [-0.15, -0.1) is 13.2 Å². The summed E-state index contributed by atoms with van der Waals surface area (Å²) >= 11 is 0. The highest BCUT2D eigenvalue weighted by atomic mass is 19.4. The third kappa shape index (κ3) is 4.68. The predicted octanol–water partition coefficient (Wildman–Crippen LogP) is 4.14. The van der Waals surface area contributed by atoms with Crippen molar-refractivity contribution in [2.75, 3.05) is 7.05 Å². The van der Waals surface area contributed by atoms with Gasteiger partial charge in [-0.1, -0.05) is 18.2 Å². The SMILES string of the molecule is CN(Cc1ccccc1OC(F)(F)F)C(=O)c1cc(F)cc(F)c1. The molecule has 8 heteroatoms. The number of hydrogen-bond acceptors (Lipinski definition) is 2. The molecule has 2 aromatic carbocycles. The van der Waals surface area contributed by atoms with E-state index in [0.717, 1.165) is 23.1 Å². The highest BCUT2D eigenvalue weighted by Gasteiger charge is 2.32. The molecule has 1 amide bonds. The largest absolute Gasteiger partial charge is 0.573 e. The number of nitrogens with zero attached hydrogens (tertiary/aromatic N) is 1. The number of carbonyl (C=O) groups is 1. The number of halogens is 5. The molecule has 0 atom stereocenters. The second kappa shape index (κ2) is 6.86. The quantitative estimate of drug-likeness (QED) is 0.780. The average molecular weight is 345 g/mol. The van der Waals surface area contributed by atoms with Gasteiger partial charge in [0.05, 0.1) is 0 Å². The lowest BCUT2D eigenvalue weighted by atomic mass is 10.1. The minimum Gasteiger partial charge on any atom is -0.405 e. The third-order valence-corrected chi connectivity index (χ3v) is 3.06. The maximum absolute atomic E-state index is 13.2. The van der Waals surface area contributed by atoms with Crippen molar-refractivity contribution in [3.8, 4) is 5.75 Å². The molecule has 0 spiro atoms. The molecule has 0 heterocycles. The molecule has 3 nitrogen and oxygen atoms in total. The van der Waals surface area contributed by atoms with Crippen LogP contribution in [0.25, 0.3) is 0 Å². The molecular formula is C16H12F5NO2. The Kier molecular flexibility index (Phi) is 5.06. The van der Waals surface area contributed by atoms with Crippen LogP contribution in [0.2, 0.25) is 0 Å². The monoisotopic (exact) mass is 345 g/mol. The van der Waals surface area contributed by atoms with Crippen LogP contribution in [0.5, 0.6) is 5.75 Å². The first kappa shape index (κ1) is 17.7. The fraction of sp³-hybridized carbons (Fsp3) is 0.188. The van der Waals surface area contributed by atoms with Crippen molar-refractivity contribution in [2.24, 2.45) is 0 Å².